The topological polar surface area (TPSA) is 117 Å². The van der Waals surface area contributed by atoms with Gasteiger partial charge in [0.05, 0.1) is 24.3 Å². The predicted octanol–water partition coefficient (Wildman–Crippen LogP) is 4.38. The van der Waals surface area contributed by atoms with E-state index in [4.69, 9.17) is 14.4 Å². The van der Waals surface area contributed by atoms with Gasteiger partial charge in [-0.3, -0.25) is 4.79 Å². The quantitative estimate of drug-likeness (QED) is 0.436. The second-order valence-corrected chi connectivity index (χ2v) is 7.32. The van der Waals surface area contributed by atoms with Crippen molar-refractivity contribution in [1.82, 2.24) is 4.98 Å². The number of carbonyl (C=O) groups is 1. The van der Waals surface area contributed by atoms with Gasteiger partial charge in [-0.1, -0.05) is 12.1 Å². The number of ether oxygens (including phenoxy) is 1. The molecule has 2 aromatic carbocycles. The van der Waals surface area contributed by atoms with E-state index in [0.29, 0.717) is 22.2 Å². The van der Waals surface area contributed by atoms with E-state index < -0.39 is 11.4 Å². The lowest BCUT2D eigenvalue weighted by molar-refractivity contribution is 0.0698. The van der Waals surface area contributed by atoms with Crippen LogP contribution < -0.4 is 15.1 Å². The number of anilines is 1. The van der Waals surface area contributed by atoms with Crippen LogP contribution in [0.2, 0.25) is 0 Å². The lowest BCUT2D eigenvalue weighted by atomic mass is 9.94. The molecule has 0 spiro atoms. The fraction of sp³-hybridized carbons (Fsp3) is 0.200. The van der Waals surface area contributed by atoms with E-state index in [9.17, 15) is 14.7 Å². The number of nitriles is 1. The monoisotopic (exact) mass is 443 g/mol. The molecule has 8 heteroatoms. The summed E-state index contributed by atoms with van der Waals surface area (Å²) < 4.78 is 11.4. The minimum absolute atomic E-state index is 0.0152. The van der Waals surface area contributed by atoms with Gasteiger partial charge in [0, 0.05) is 24.8 Å². The molecule has 0 saturated carbocycles. The molecule has 2 aromatic rings. The highest BCUT2D eigenvalue weighted by Crippen LogP contribution is 2.39. The SMILES string of the molecule is CCN(CC)c1ccc2nc3c(C(=O)O)c(-c4ccc(C#N)cc4)c(=O)c(OC)c-3oc2c1. The highest BCUT2D eigenvalue weighted by atomic mass is 16.5. The van der Waals surface area contributed by atoms with Gasteiger partial charge in [0.2, 0.25) is 11.2 Å². The van der Waals surface area contributed by atoms with Crippen molar-refractivity contribution in [1.29, 1.82) is 5.26 Å². The first-order valence-electron chi connectivity index (χ1n) is 10.4. The van der Waals surface area contributed by atoms with Gasteiger partial charge < -0.3 is 19.2 Å². The Labute approximate surface area is 189 Å². The number of rotatable bonds is 6. The molecule has 166 valence electrons. The molecule has 1 heterocycles. The summed E-state index contributed by atoms with van der Waals surface area (Å²) in [6, 6.07) is 13.6. The third kappa shape index (κ3) is 3.64. The maximum absolute atomic E-state index is 13.3. The Bertz CT molecular complexity index is 1430. The summed E-state index contributed by atoms with van der Waals surface area (Å²) in [5.74, 6) is -1.47. The number of methoxy groups -OCH3 is 1. The minimum atomic E-state index is -1.32. The molecule has 0 fully saturated rings. The lowest BCUT2D eigenvalue weighted by Crippen LogP contribution is -2.21. The van der Waals surface area contributed by atoms with Crippen molar-refractivity contribution in [3.8, 4) is 34.4 Å². The number of carboxylic acids is 1. The second kappa shape index (κ2) is 8.63. The van der Waals surface area contributed by atoms with E-state index in [-0.39, 0.29) is 28.3 Å². The van der Waals surface area contributed by atoms with Crippen LogP contribution in [0, 0.1) is 11.3 Å². The molecule has 2 aliphatic rings. The van der Waals surface area contributed by atoms with Gasteiger partial charge in [0.25, 0.3) is 0 Å². The third-order valence-electron chi connectivity index (χ3n) is 5.58. The fourth-order valence-corrected chi connectivity index (χ4v) is 3.94. The van der Waals surface area contributed by atoms with Crippen LogP contribution in [0.1, 0.15) is 29.8 Å². The number of fused-ring (bicyclic) bond motifs is 2. The maximum Gasteiger partial charge on any atom is 0.338 e. The highest BCUT2D eigenvalue weighted by Gasteiger charge is 2.31. The van der Waals surface area contributed by atoms with E-state index in [1.807, 2.05) is 32.0 Å². The molecule has 1 N–H and O–H groups in total. The molecule has 0 radical (unpaired) electrons. The van der Waals surface area contributed by atoms with E-state index in [0.717, 1.165) is 18.8 Å². The fourth-order valence-electron chi connectivity index (χ4n) is 3.94. The summed E-state index contributed by atoms with van der Waals surface area (Å²) in [6.07, 6.45) is 0. The highest BCUT2D eigenvalue weighted by molar-refractivity contribution is 6.04. The smallest absolute Gasteiger partial charge is 0.338 e. The van der Waals surface area contributed by atoms with Crippen LogP contribution in [-0.2, 0) is 0 Å². The van der Waals surface area contributed by atoms with Crippen LogP contribution in [0.4, 0.5) is 5.69 Å². The van der Waals surface area contributed by atoms with Gasteiger partial charge in [0.1, 0.15) is 16.8 Å². The zero-order chi connectivity index (χ0) is 23.7. The van der Waals surface area contributed by atoms with Crippen LogP contribution in [0.5, 0.6) is 5.75 Å². The van der Waals surface area contributed by atoms with Gasteiger partial charge in [-0.25, -0.2) is 9.78 Å². The van der Waals surface area contributed by atoms with Crippen LogP contribution in [0.3, 0.4) is 0 Å². The number of nitrogens with zero attached hydrogens (tertiary/aromatic N) is 3. The molecule has 33 heavy (non-hydrogen) atoms. The second-order valence-electron chi connectivity index (χ2n) is 7.32. The van der Waals surface area contributed by atoms with Crippen molar-refractivity contribution in [2.75, 3.05) is 25.1 Å². The summed E-state index contributed by atoms with van der Waals surface area (Å²) in [7, 11) is 1.32. The van der Waals surface area contributed by atoms with Crippen molar-refractivity contribution in [2.45, 2.75) is 13.8 Å². The molecular weight excluding hydrogens is 422 g/mol. The first kappa shape index (κ1) is 21.8. The normalized spacial score (nSPS) is 10.8. The molecular formula is C25H21N3O5. The number of aromatic nitrogens is 1. The zero-order valence-electron chi connectivity index (χ0n) is 18.4. The molecule has 0 unspecified atom stereocenters. The first-order chi connectivity index (χ1) is 15.9. The number of benzene rings is 3. The van der Waals surface area contributed by atoms with Crippen LogP contribution in [-0.4, -0.2) is 36.3 Å². The molecule has 4 rings (SSSR count). The van der Waals surface area contributed by atoms with E-state index >= 15 is 0 Å². The standard InChI is InChI=1S/C25H21N3O5/c1-4-28(5-2)16-10-11-17-18(12-16)33-23-21(27-17)20(25(30)31)19(22(29)24(23)32-3)15-8-6-14(13-26)7-9-15/h6-12H,4-5H2,1-3H3,(H,30,31). The minimum Gasteiger partial charge on any atom is -0.490 e. The number of hydrogen-bond acceptors (Lipinski definition) is 7. The van der Waals surface area contributed by atoms with Crippen LogP contribution in [0.25, 0.3) is 33.7 Å². The predicted molar refractivity (Wildman–Crippen MR) is 124 cm³/mol. The van der Waals surface area contributed by atoms with Crippen LogP contribution in [0.15, 0.2) is 51.7 Å². The van der Waals surface area contributed by atoms with Crippen LogP contribution >= 0.6 is 0 Å². The lowest BCUT2D eigenvalue weighted by Gasteiger charge is -2.21. The van der Waals surface area contributed by atoms with Gasteiger partial charge >= 0.3 is 5.97 Å². The average Bonchev–Trinajstić information content (AvgIpc) is 2.83. The zero-order valence-corrected chi connectivity index (χ0v) is 18.4. The molecule has 0 aromatic heterocycles. The van der Waals surface area contributed by atoms with Crippen molar-refractivity contribution >= 4 is 22.8 Å². The average molecular weight is 443 g/mol. The molecule has 8 nitrogen and oxygen atoms in total. The Morgan fingerprint density at radius 2 is 1.88 bits per heavy atom. The number of hydrogen-bond donors (Lipinski definition) is 1. The summed E-state index contributed by atoms with van der Waals surface area (Å²) in [4.78, 5) is 32.4. The van der Waals surface area contributed by atoms with Crippen molar-refractivity contribution in [3.63, 3.8) is 0 Å². The number of aromatic carboxylic acids is 1. The Morgan fingerprint density at radius 3 is 2.45 bits per heavy atom. The van der Waals surface area contributed by atoms with E-state index in [1.165, 1.54) is 31.4 Å². The molecule has 0 atom stereocenters. The van der Waals surface area contributed by atoms with Gasteiger partial charge in [-0.2, -0.15) is 5.26 Å². The summed E-state index contributed by atoms with van der Waals surface area (Å²) in [5.41, 5.74) is 1.55. The Kier molecular flexibility index (Phi) is 5.71. The molecule has 0 amide bonds. The maximum atomic E-state index is 13.3. The molecule has 0 bridgehead atoms. The molecule has 0 saturated heterocycles. The van der Waals surface area contributed by atoms with Gasteiger partial charge in [0.15, 0.2) is 11.3 Å². The summed E-state index contributed by atoms with van der Waals surface area (Å²) >= 11 is 0. The first-order valence-corrected chi connectivity index (χ1v) is 10.4. The van der Waals surface area contributed by atoms with Crippen molar-refractivity contribution in [3.05, 3.63) is 63.8 Å². The largest absolute Gasteiger partial charge is 0.490 e. The van der Waals surface area contributed by atoms with Gasteiger partial charge in [-0.15, -0.1) is 0 Å². The summed E-state index contributed by atoms with van der Waals surface area (Å²) in [6.45, 7) is 5.68. The Balaban J connectivity index is 2.08. The van der Waals surface area contributed by atoms with Crippen molar-refractivity contribution in [2.24, 2.45) is 0 Å². The van der Waals surface area contributed by atoms with E-state index in [1.54, 1.807) is 6.07 Å². The van der Waals surface area contributed by atoms with Crippen molar-refractivity contribution < 1.29 is 19.1 Å². The third-order valence-corrected chi connectivity index (χ3v) is 5.58. The number of carboxylic acid groups (broad SMARTS) is 1. The van der Waals surface area contributed by atoms with Gasteiger partial charge in [-0.05, 0) is 43.7 Å². The molecule has 1 aliphatic carbocycles. The molecule has 1 aliphatic heterocycles. The van der Waals surface area contributed by atoms with E-state index in [2.05, 4.69) is 9.88 Å². The Hall–Kier alpha value is -4.38. The Morgan fingerprint density at radius 1 is 1.18 bits per heavy atom. The summed E-state index contributed by atoms with van der Waals surface area (Å²) in [5, 5.41) is 19.1.